The molecule has 1 aromatic carbocycles. The second-order valence-corrected chi connectivity index (χ2v) is 9.86. The molecule has 1 amide bonds. The van der Waals surface area contributed by atoms with Gasteiger partial charge in [-0.3, -0.25) is 4.79 Å². The number of hydrogen-bond donors (Lipinski definition) is 1. The highest BCUT2D eigenvalue weighted by Crippen LogP contribution is 2.59. The Morgan fingerprint density at radius 3 is 2.39 bits per heavy atom. The number of ether oxygens (including phenoxy) is 1. The Labute approximate surface area is 181 Å². The van der Waals surface area contributed by atoms with Gasteiger partial charge in [0.2, 0.25) is 5.82 Å². The van der Waals surface area contributed by atoms with E-state index < -0.39 is 5.97 Å². The van der Waals surface area contributed by atoms with Gasteiger partial charge in [0, 0.05) is 12.1 Å². The van der Waals surface area contributed by atoms with Gasteiger partial charge in [0.15, 0.2) is 13.2 Å². The molecule has 4 aliphatic rings. The lowest BCUT2D eigenvalue weighted by Gasteiger charge is -2.56. The first-order valence-electron chi connectivity index (χ1n) is 11.2. The third-order valence-electron chi connectivity index (χ3n) is 7.22. The van der Waals surface area contributed by atoms with Crippen molar-refractivity contribution < 1.29 is 14.3 Å². The van der Waals surface area contributed by atoms with Crippen molar-refractivity contribution >= 4 is 11.9 Å². The van der Waals surface area contributed by atoms with Crippen LogP contribution in [-0.2, 0) is 20.9 Å². The lowest BCUT2D eigenvalue weighted by atomic mass is 9.49. The maximum atomic E-state index is 12.3. The first-order valence-corrected chi connectivity index (χ1v) is 11.2. The van der Waals surface area contributed by atoms with Crippen molar-refractivity contribution in [3.8, 4) is 11.4 Å². The van der Waals surface area contributed by atoms with Gasteiger partial charge in [-0.2, -0.15) is 4.80 Å². The highest BCUT2D eigenvalue weighted by molar-refractivity contribution is 5.80. The molecule has 164 valence electrons. The molecule has 0 spiro atoms. The third-order valence-corrected chi connectivity index (χ3v) is 7.22. The summed E-state index contributed by atoms with van der Waals surface area (Å²) < 4.78 is 5.13. The predicted octanol–water partition coefficient (Wildman–Crippen LogP) is 2.52. The van der Waals surface area contributed by atoms with Crippen LogP contribution in [0.15, 0.2) is 24.3 Å². The molecule has 0 saturated heterocycles. The normalized spacial score (nSPS) is 28.5. The number of benzene rings is 1. The van der Waals surface area contributed by atoms with Crippen LogP contribution in [0.25, 0.3) is 11.4 Å². The zero-order valence-corrected chi connectivity index (χ0v) is 17.9. The average Bonchev–Trinajstić information content (AvgIpc) is 3.19. The number of nitrogens with zero attached hydrogens (tertiary/aromatic N) is 4. The summed E-state index contributed by atoms with van der Waals surface area (Å²) in [4.78, 5) is 25.6. The van der Waals surface area contributed by atoms with Crippen LogP contribution in [0.4, 0.5) is 0 Å². The Bertz CT molecular complexity index is 933. The van der Waals surface area contributed by atoms with Crippen molar-refractivity contribution in [3.63, 3.8) is 0 Å². The third kappa shape index (κ3) is 4.48. The van der Waals surface area contributed by atoms with E-state index in [1.54, 1.807) is 0 Å². The molecular formula is C23H29N5O3. The first-order chi connectivity index (χ1) is 15.0. The second kappa shape index (κ2) is 8.05. The molecule has 1 aromatic heterocycles. The van der Waals surface area contributed by atoms with E-state index in [4.69, 9.17) is 4.74 Å². The number of tetrazole rings is 1. The largest absolute Gasteiger partial charge is 0.454 e. The highest BCUT2D eigenvalue weighted by Gasteiger charge is 2.50. The zero-order valence-electron chi connectivity index (χ0n) is 17.9. The van der Waals surface area contributed by atoms with Crippen LogP contribution in [0.1, 0.15) is 44.1 Å². The number of carbonyl (C=O) groups excluding carboxylic acids is 2. The number of rotatable bonds is 7. The van der Waals surface area contributed by atoms with Crippen LogP contribution in [-0.4, -0.2) is 45.2 Å². The van der Waals surface area contributed by atoms with E-state index >= 15 is 0 Å². The quantitative estimate of drug-likeness (QED) is 0.687. The Morgan fingerprint density at radius 2 is 1.74 bits per heavy atom. The fourth-order valence-corrected chi connectivity index (χ4v) is 6.28. The molecule has 6 rings (SSSR count). The van der Waals surface area contributed by atoms with Crippen molar-refractivity contribution in [3.05, 3.63) is 29.8 Å². The summed E-state index contributed by atoms with van der Waals surface area (Å²) in [5.41, 5.74) is 2.24. The van der Waals surface area contributed by atoms with Crippen LogP contribution in [0.3, 0.4) is 0 Å². The van der Waals surface area contributed by atoms with Crippen LogP contribution in [0.5, 0.6) is 0 Å². The molecule has 4 fully saturated rings. The highest BCUT2D eigenvalue weighted by atomic mass is 16.5. The molecular weight excluding hydrogens is 394 g/mol. The van der Waals surface area contributed by atoms with Crippen molar-refractivity contribution in [2.45, 2.75) is 52.0 Å². The lowest BCUT2D eigenvalue weighted by molar-refractivity contribution is -0.149. The zero-order chi connectivity index (χ0) is 21.4. The van der Waals surface area contributed by atoms with Crippen LogP contribution in [0.2, 0.25) is 0 Å². The number of aromatic nitrogens is 4. The summed E-state index contributed by atoms with van der Waals surface area (Å²) in [6, 6.07) is 7.74. The summed E-state index contributed by atoms with van der Waals surface area (Å²) in [6.07, 6.45) is 7.85. The minimum atomic E-state index is -0.558. The van der Waals surface area contributed by atoms with Crippen molar-refractivity contribution in [1.29, 1.82) is 0 Å². The summed E-state index contributed by atoms with van der Waals surface area (Å²) in [5.74, 6) is 2.19. The molecule has 2 aromatic rings. The Balaban J connectivity index is 1.07. The summed E-state index contributed by atoms with van der Waals surface area (Å²) >= 11 is 0. The second-order valence-electron chi connectivity index (χ2n) is 9.86. The standard InChI is InChI=1S/C23H29N5O3/c1-15-2-4-19(5-3-15)22-25-27-28(26-22)12-21(30)31-13-20(29)24-14-23-9-16-6-17(10-23)8-18(7-16)11-23/h2-5,16-18H,6-14H2,1H3,(H,24,29). The van der Waals surface area contributed by atoms with E-state index in [-0.39, 0.29) is 24.5 Å². The van der Waals surface area contributed by atoms with Gasteiger partial charge in [0.1, 0.15) is 0 Å². The number of nitrogens with one attached hydrogen (secondary N) is 1. The minimum absolute atomic E-state index is 0.179. The minimum Gasteiger partial charge on any atom is -0.454 e. The van der Waals surface area contributed by atoms with Gasteiger partial charge in [0.25, 0.3) is 5.91 Å². The van der Waals surface area contributed by atoms with Gasteiger partial charge in [-0.1, -0.05) is 29.8 Å². The number of amides is 1. The van der Waals surface area contributed by atoms with E-state index in [2.05, 4.69) is 20.7 Å². The van der Waals surface area contributed by atoms with Gasteiger partial charge in [-0.15, -0.1) is 10.2 Å². The predicted molar refractivity (Wildman–Crippen MR) is 113 cm³/mol. The molecule has 1 N–H and O–H groups in total. The van der Waals surface area contributed by atoms with Crippen molar-refractivity contribution in [1.82, 2.24) is 25.5 Å². The molecule has 4 saturated carbocycles. The fourth-order valence-electron chi connectivity index (χ4n) is 6.28. The molecule has 4 bridgehead atoms. The number of carbonyl (C=O) groups is 2. The average molecular weight is 424 g/mol. The van der Waals surface area contributed by atoms with E-state index in [1.165, 1.54) is 43.3 Å². The molecule has 1 heterocycles. The molecule has 0 unspecified atom stereocenters. The Morgan fingerprint density at radius 1 is 1.10 bits per heavy atom. The van der Waals surface area contributed by atoms with Crippen LogP contribution in [0, 0.1) is 30.1 Å². The molecule has 0 atom stereocenters. The van der Waals surface area contributed by atoms with Gasteiger partial charge in [-0.05, 0) is 73.8 Å². The molecule has 8 heteroatoms. The number of hydrogen-bond acceptors (Lipinski definition) is 6. The van der Waals surface area contributed by atoms with Crippen molar-refractivity contribution in [2.75, 3.05) is 13.2 Å². The topological polar surface area (TPSA) is 99.0 Å². The van der Waals surface area contributed by atoms with Crippen molar-refractivity contribution in [2.24, 2.45) is 23.2 Å². The van der Waals surface area contributed by atoms with E-state index in [0.29, 0.717) is 12.4 Å². The first kappa shape index (κ1) is 20.2. The van der Waals surface area contributed by atoms with Gasteiger partial charge in [-0.25, -0.2) is 4.79 Å². The lowest BCUT2D eigenvalue weighted by Crippen LogP contribution is -2.51. The molecule has 31 heavy (non-hydrogen) atoms. The SMILES string of the molecule is Cc1ccc(-c2nnn(CC(=O)OCC(=O)NCC34CC5CC(CC(C5)C3)C4)n2)cc1. The van der Waals surface area contributed by atoms with Crippen LogP contribution >= 0.6 is 0 Å². The fraction of sp³-hybridized carbons (Fsp3) is 0.609. The maximum absolute atomic E-state index is 12.3. The molecule has 0 aliphatic heterocycles. The van der Waals surface area contributed by atoms with Gasteiger partial charge in [0.05, 0.1) is 0 Å². The van der Waals surface area contributed by atoms with E-state index in [9.17, 15) is 9.59 Å². The smallest absolute Gasteiger partial charge is 0.330 e. The Kier molecular flexibility index (Phi) is 5.24. The van der Waals surface area contributed by atoms with E-state index in [1.807, 2.05) is 31.2 Å². The van der Waals surface area contributed by atoms with Gasteiger partial charge < -0.3 is 10.1 Å². The number of aryl methyl sites for hydroxylation is 1. The molecule has 4 aliphatic carbocycles. The monoisotopic (exact) mass is 423 g/mol. The molecule has 0 radical (unpaired) electrons. The van der Waals surface area contributed by atoms with Crippen LogP contribution < -0.4 is 5.32 Å². The van der Waals surface area contributed by atoms with Gasteiger partial charge >= 0.3 is 5.97 Å². The summed E-state index contributed by atoms with van der Waals surface area (Å²) in [7, 11) is 0. The maximum Gasteiger partial charge on any atom is 0.330 e. The summed E-state index contributed by atoms with van der Waals surface area (Å²) in [5, 5.41) is 15.1. The Hall–Kier alpha value is -2.77. The van der Waals surface area contributed by atoms with E-state index in [0.717, 1.165) is 28.9 Å². The summed E-state index contributed by atoms with van der Waals surface area (Å²) in [6.45, 7) is 2.26. The number of esters is 1. The molecule has 8 nitrogen and oxygen atoms in total.